The second kappa shape index (κ2) is 7.57. The predicted octanol–water partition coefficient (Wildman–Crippen LogP) is 1.59. The Balaban J connectivity index is 2.83. The van der Waals surface area contributed by atoms with Crippen molar-refractivity contribution in [3.63, 3.8) is 0 Å². The van der Waals surface area contributed by atoms with Crippen molar-refractivity contribution in [1.29, 1.82) is 0 Å². The summed E-state index contributed by atoms with van der Waals surface area (Å²) in [5.41, 5.74) is 0. The number of hydrogen-bond donors (Lipinski definition) is 1. The molecule has 0 saturated carbocycles. The molecule has 0 bridgehead atoms. The van der Waals surface area contributed by atoms with Crippen LogP contribution in [-0.4, -0.2) is 54.4 Å². The number of rotatable bonds is 7. The first-order chi connectivity index (χ1) is 8.95. The van der Waals surface area contributed by atoms with Gasteiger partial charge < -0.3 is 5.11 Å². The molecule has 1 fully saturated rings. The molecule has 5 nitrogen and oxygen atoms in total. The van der Waals surface area contributed by atoms with Crippen LogP contribution in [0, 0.1) is 0 Å². The van der Waals surface area contributed by atoms with E-state index in [0.29, 0.717) is 19.5 Å². The normalized spacial score (nSPS) is 23.7. The molecule has 0 aromatic rings. The SMILES string of the molecule is CCCCN(C)S(=O)(=O)N1CCCC[C@@H]1[C@H](O)CC. The number of unbranched alkanes of at least 4 members (excludes halogenated alkanes) is 1. The molecule has 0 aromatic carbocycles. The van der Waals surface area contributed by atoms with Crippen molar-refractivity contribution in [2.75, 3.05) is 20.1 Å². The van der Waals surface area contributed by atoms with Crippen molar-refractivity contribution in [2.45, 2.75) is 64.5 Å². The van der Waals surface area contributed by atoms with Crippen molar-refractivity contribution in [2.24, 2.45) is 0 Å². The van der Waals surface area contributed by atoms with Crippen molar-refractivity contribution >= 4 is 10.2 Å². The Morgan fingerprint density at radius 3 is 2.63 bits per heavy atom. The maximum absolute atomic E-state index is 12.6. The number of nitrogens with zero attached hydrogens (tertiary/aromatic N) is 2. The Hall–Kier alpha value is -0.170. The van der Waals surface area contributed by atoms with Gasteiger partial charge in [-0.1, -0.05) is 26.7 Å². The molecule has 1 aliphatic heterocycles. The molecule has 0 unspecified atom stereocenters. The predicted molar refractivity (Wildman–Crippen MR) is 77.1 cm³/mol. The Bertz CT molecular complexity index is 359. The highest BCUT2D eigenvalue weighted by molar-refractivity contribution is 7.86. The van der Waals surface area contributed by atoms with Crippen LogP contribution in [0.4, 0.5) is 0 Å². The first-order valence-electron chi connectivity index (χ1n) is 7.36. The standard InChI is InChI=1S/C13H28N2O3S/c1-4-6-10-14(3)19(17,18)15-11-8-7-9-12(15)13(16)5-2/h12-13,16H,4-11H2,1-3H3/t12-,13-/m1/s1. The third-order valence-electron chi connectivity index (χ3n) is 3.88. The molecule has 1 saturated heterocycles. The van der Waals surface area contributed by atoms with Gasteiger partial charge in [0.1, 0.15) is 0 Å². The van der Waals surface area contributed by atoms with E-state index in [4.69, 9.17) is 0 Å². The molecule has 0 spiro atoms. The smallest absolute Gasteiger partial charge is 0.282 e. The summed E-state index contributed by atoms with van der Waals surface area (Å²) in [6, 6.07) is -0.257. The average Bonchev–Trinajstić information content (AvgIpc) is 2.43. The van der Waals surface area contributed by atoms with Crippen LogP contribution < -0.4 is 0 Å². The van der Waals surface area contributed by atoms with Gasteiger partial charge >= 0.3 is 0 Å². The fraction of sp³-hybridized carbons (Fsp3) is 1.00. The van der Waals surface area contributed by atoms with Gasteiger partial charge in [-0.2, -0.15) is 17.0 Å². The zero-order chi connectivity index (χ0) is 14.5. The highest BCUT2D eigenvalue weighted by Gasteiger charge is 2.37. The van der Waals surface area contributed by atoms with Gasteiger partial charge in [-0.15, -0.1) is 0 Å². The minimum atomic E-state index is -3.43. The maximum Gasteiger partial charge on any atom is 0.282 e. The molecular weight excluding hydrogens is 264 g/mol. The van der Waals surface area contributed by atoms with Crippen LogP contribution in [0.5, 0.6) is 0 Å². The van der Waals surface area contributed by atoms with Gasteiger partial charge in [0.2, 0.25) is 0 Å². The first-order valence-corrected chi connectivity index (χ1v) is 8.76. The monoisotopic (exact) mass is 292 g/mol. The van der Waals surface area contributed by atoms with E-state index in [9.17, 15) is 13.5 Å². The summed E-state index contributed by atoms with van der Waals surface area (Å²) < 4.78 is 28.1. The number of aliphatic hydroxyl groups is 1. The minimum Gasteiger partial charge on any atom is -0.391 e. The second-order valence-electron chi connectivity index (χ2n) is 5.33. The summed E-state index contributed by atoms with van der Waals surface area (Å²) in [7, 11) is -1.80. The molecule has 0 amide bonds. The summed E-state index contributed by atoms with van der Waals surface area (Å²) in [6.45, 7) is 5.01. The highest BCUT2D eigenvalue weighted by atomic mass is 32.2. The lowest BCUT2D eigenvalue weighted by Gasteiger charge is -2.39. The maximum atomic E-state index is 12.6. The fourth-order valence-electron chi connectivity index (χ4n) is 2.55. The van der Waals surface area contributed by atoms with Gasteiger partial charge in [0.05, 0.1) is 12.1 Å². The van der Waals surface area contributed by atoms with E-state index in [1.807, 2.05) is 13.8 Å². The second-order valence-corrected chi connectivity index (χ2v) is 7.32. The van der Waals surface area contributed by atoms with Crippen LogP contribution in [0.3, 0.4) is 0 Å². The zero-order valence-corrected chi connectivity index (χ0v) is 13.2. The lowest BCUT2D eigenvalue weighted by Crippen LogP contribution is -2.53. The molecule has 1 aliphatic rings. The summed E-state index contributed by atoms with van der Waals surface area (Å²) >= 11 is 0. The molecule has 6 heteroatoms. The number of hydrogen-bond acceptors (Lipinski definition) is 3. The van der Waals surface area contributed by atoms with Gasteiger partial charge in [0.15, 0.2) is 0 Å². The topological polar surface area (TPSA) is 60.9 Å². The average molecular weight is 292 g/mol. The van der Waals surface area contributed by atoms with Crippen molar-refractivity contribution in [1.82, 2.24) is 8.61 Å². The quantitative estimate of drug-likeness (QED) is 0.775. The molecule has 0 aromatic heterocycles. The number of aliphatic hydroxyl groups excluding tert-OH is 1. The van der Waals surface area contributed by atoms with E-state index in [2.05, 4.69) is 0 Å². The van der Waals surface area contributed by atoms with Gasteiger partial charge in [0, 0.05) is 20.1 Å². The zero-order valence-electron chi connectivity index (χ0n) is 12.4. The Labute approximate surface area is 117 Å². The van der Waals surface area contributed by atoms with E-state index in [0.717, 1.165) is 32.1 Å². The van der Waals surface area contributed by atoms with E-state index in [1.165, 1.54) is 8.61 Å². The summed E-state index contributed by atoms with van der Waals surface area (Å²) in [6.07, 6.45) is 4.51. The fourth-order valence-corrected chi connectivity index (χ4v) is 4.21. The molecule has 114 valence electrons. The van der Waals surface area contributed by atoms with Crippen LogP contribution >= 0.6 is 0 Å². The first kappa shape index (κ1) is 16.9. The van der Waals surface area contributed by atoms with Crippen LogP contribution in [0.1, 0.15) is 52.4 Å². The molecule has 2 atom stereocenters. The molecular formula is C13H28N2O3S. The Morgan fingerprint density at radius 2 is 2.05 bits per heavy atom. The van der Waals surface area contributed by atoms with E-state index >= 15 is 0 Å². The number of piperidine rings is 1. The van der Waals surface area contributed by atoms with E-state index in [-0.39, 0.29) is 6.04 Å². The van der Waals surface area contributed by atoms with Gasteiger partial charge in [-0.25, -0.2) is 0 Å². The molecule has 1 heterocycles. The van der Waals surface area contributed by atoms with Crippen molar-refractivity contribution in [3.8, 4) is 0 Å². The van der Waals surface area contributed by atoms with E-state index in [1.54, 1.807) is 7.05 Å². The minimum absolute atomic E-state index is 0.257. The van der Waals surface area contributed by atoms with E-state index < -0.39 is 16.3 Å². The summed E-state index contributed by atoms with van der Waals surface area (Å²) in [5, 5.41) is 10.0. The largest absolute Gasteiger partial charge is 0.391 e. The van der Waals surface area contributed by atoms with Gasteiger partial charge in [-0.05, 0) is 25.7 Å². The van der Waals surface area contributed by atoms with Gasteiger partial charge in [-0.3, -0.25) is 0 Å². The summed E-state index contributed by atoms with van der Waals surface area (Å²) in [4.78, 5) is 0. The molecule has 19 heavy (non-hydrogen) atoms. The molecule has 0 radical (unpaired) electrons. The van der Waals surface area contributed by atoms with Crippen LogP contribution in [0.2, 0.25) is 0 Å². The van der Waals surface area contributed by atoms with Crippen molar-refractivity contribution in [3.05, 3.63) is 0 Å². The molecule has 1 rings (SSSR count). The van der Waals surface area contributed by atoms with Crippen LogP contribution in [0.15, 0.2) is 0 Å². The van der Waals surface area contributed by atoms with Crippen LogP contribution in [-0.2, 0) is 10.2 Å². The lowest BCUT2D eigenvalue weighted by atomic mass is 9.98. The third kappa shape index (κ3) is 4.15. The van der Waals surface area contributed by atoms with Gasteiger partial charge in [0.25, 0.3) is 10.2 Å². The molecule has 1 N–H and O–H groups in total. The highest BCUT2D eigenvalue weighted by Crippen LogP contribution is 2.25. The Morgan fingerprint density at radius 1 is 1.37 bits per heavy atom. The van der Waals surface area contributed by atoms with Crippen molar-refractivity contribution < 1.29 is 13.5 Å². The third-order valence-corrected chi connectivity index (χ3v) is 5.89. The summed E-state index contributed by atoms with van der Waals surface area (Å²) in [5.74, 6) is 0. The van der Waals surface area contributed by atoms with Crippen LogP contribution in [0.25, 0.3) is 0 Å². The Kier molecular flexibility index (Phi) is 6.73. The molecule has 0 aliphatic carbocycles. The lowest BCUT2D eigenvalue weighted by molar-refractivity contribution is 0.0638.